The Hall–Kier alpha value is -1.71. The number of amides is 1. The first-order valence-electron chi connectivity index (χ1n) is 4.88. The first kappa shape index (κ1) is 11.4. The van der Waals surface area contributed by atoms with Crippen LogP contribution >= 0.6 is 0 Å². The zero-order valence-corrected chi connectivity index (χ0v) is 8.86. The van der Waals surface area contributed by atoms with Gasteiger partial charge in [-0.2, -0.15) is 0 Å². The van der Waals surface area contributed by atoms with Crippen molar-refractivity contribution in [3.05, 3.63) is 30.1 Å². The monoisotopic (exact) mass is 206 g/mol. The molecule has 0 spiro atoms. The van der Waals surface area contributed by atoms with Gasteiger partial charge < -0.3 is 5.32 Å². The third-order valence-electron chi connectivity index (χ3n) is 2.12. The van der Waals surface area contributed by atoms with Gasteiger partial charge in [-0.3, -0.25) is 14.6 Å². The van der Waals surface area contributed by atoms with Gasteiger partial charge in [0.1, 0.15) is 0 Å². The van der Waals surface area contributed by atoms with Crippen LogP contribution in [0.15, 0.2) is 24.5 Å². The second-order valence-electron chi connectivity index (χ2n) is 3.25. The molecule has 0 saturated carbocycles. The summed E-state index contributed by atoms with van der Waals surface area (Å²) >= 11 is 0. The lowest BCUT2D eigenvalue weighted by Crippen LogP contribution is -2.38. The van der Waals surface area contributed by atoms with Crippen LogP contribution in [0.3, 0.4) is 0 Å². The van der Waals surface area contributed by atoms with E-state index in [1.165, 1.54) is 0 Å². The summed E-state index contributed by atoms with van der Waals surface area (Å²) in [6.07, 6.45) is 3.51. The van der Waals surface area contributed by atoms with E-state index in [1.807, 2.05) is 0 Å². The van der Waals surface area contributed by atoms with Crippen LogP contribution in [0.4, 0.5) is 0 Å². The molecule has 80 valence electrons. The van der Waals surface area contributed by atoms with Crippen molar-refractivity contribution in [2.45, 2.75) is 26.3 Å². The van der Waals surface area contributed by atoms with Gasteiger partial charge in [0, 0.05) is 24.4 Å². The maximum atomic E-state index is 11.6. The Balaban J connectivity index is 2.61. The fourth-order valence-corrected chi connectivity index (χ4v) is 1.17. The highest BCUT2D eigenvalue weighted by atomic mass is 16.2. The first-order valence-corrected chi connectivity index (χ1v) is 4.88. The largest absolute Gasteiger partial charge is 0.343 e. The summed E-state index contributed by atoms with van der Waals surface area (Å²) in [5, 5.41) is 2.63. The van der Waals surface area contributed by atoms with Gasteiger partial charge in [0.25, 0.3) is 5.91 Å². The predicted molar refractivity (Wildman–Crippen MR) is 56.5 cm³/mol. The molecule has 0 unspecified atom stereocenters. The number of hydrogen-bond donors (Lipinski definition) is 1. The molecule has 0 aliphatic carbocycles. The van der Waals surface area contributed by atoms with E-state index < -0.39 is 6.04 Å². The lowest BCUT2D eigenvalue weighted by atomic mass is 10.1. The highest BCUT2D eigenvalue weighted by Crippen LogP contribution is 1.98. The summed E-state index contributed by atoms with van der Waals surface area (Å²) in [4.78, 5) is 26.6. The summed E-state index contributed by atoms with van der Waals surface area (Å²) in [7, 11) is 0. The second-order valence-corrected chi connectivity index (χ2v) is 3.25. The molecule has 1 N–H and O–H groups in total. The van der Waals surface area contributed by atoms with Crippen molar-refractivity contribution in [3.63, 3.8) is 0 Å². The number of nitrogens with zero attached hydrogens (tertiary/aromatic N) is 1. The number of ketones is 1. The topological polar surface area (TPSA) is 59.1 Å². The maximum Gasteiger partial charge on any atom is 0.251 e. The van der Waals surface area contributed by atoms with E-state index in [-0.39, 0.29) is 11.7 Å². The molecule has 1 rings (SSSR count). The van der Waals surface area contributed by atoms with Crippen LogP contribution in [0.1, 0.15) is 30.6 Å². The fourth-order valence-electron chi connectivity index (χ4n) is 1.17. The molecule has 15 heavy (non-hydrogen) atoms. The van der Waals surface area contributed by atoms with E-state index in [0.29, 0.717) is 12.0 Å². The molecule has 0 radical (unpaired) electrons. The van der Waals surface area contributed by atoms with E-state index in [9.17, 15) is 9.59 Å². The van der Waals surface area contributed by atoms with Gasteiger partial charge in [0.2, 0.25) is 0 Å². The number of nitrogens with one attached hydrogen (secondary N) is 1. The van der Waals surface area contributed by atoms with Gasteiger partial charge in [-0.25, -0.2) is 0 Å². The van der Waals surface area contributed by atoms with Crippen molar-refractivity contribution in [3.8, 4) is 0 Å². The number of carbonyl (C=O) groups is 2. The Morgan fingerprint density at radius 2 is 2.00 bits per heavy atom. The summed E-state index contributed by atoms with van der Waals surface area (Å²) in [6.45, 7) is 3.46. The van der Waals surface area contributed by atoms with Crippen LogP contribution in [0.2, 0.25) is 0 Å². The molecule has 0 aromatic carbocycles. The lowest BCUT2D eigenvalue weighted by molar-refractivity contribution is -0.120. The lowest BCUT2D eigenvalue weighted by Gasteiger charge is -2.11. The molecular weight excluding hydrogens is 192 g/mol. The standard InChI is InChI=1S/C11H14N2O2/c1-3-10(14)8(2)13-11(15)9-4-6-12-7-5-9/h4-8H,3H2,1-2H3,(H,13,15)/t8-/m1/s1. The minimum Gasteiger partial charge on any atom is -0.343 e. The highest BCUT2D eigenvalue weighted by Gasteiger charge is 2.14. The van der Waals surface area contributed by atoms with Crippen molar-refractivity contribution in [2.24, 2.45) is 0 Å². The SMILES string of the molecule is CCC(=O)[C@@H](C)NC(=O)c1ccncc1. The molecule has 1 atom stereocenters. The Morgan fingerprint density at radius 3 is 2.53 bits per heavy atom. The van der Waals surface area contributed by atoms with Crippen molar-refractivity contribution in [1.82, 2.24) is 10.3 Å². The van der Waals surface area contributed by atoms with Gasteiger partial charge in [0.15, 0.2) is 5.78 Å². The molecule has 1 aromatic rings. The van der Waals surface area contributed by atoms with Crippen LogP contribution in [0, 0.1) is 0 Å². The third-order valence-corrected chi connectivity index (χ3v) is 2.12. The van der Waals surface area contributed by atoms with E-state index in [0.717, 1.165) is 0 Å². The molecule has 0 aliphatic heterocycles. The minimum atomic E-state index is -0.435. The summed E-state index contributed by atoms with van der Waals surface area (Å²) < 4.78 is 0. The Bertz CT molecular complexity index is 349. The predicted octanol–water partition coefficient (Wildman–Crippen LogP) is 1.18. The van der Waals surface area contributed by atoms with Crippen molar-refractivity contribution >= 4 is 11.7 Å². The summed E-state index contributed by atoms with van der Waals surface area (Å²) in [5.74, 6) is -0.218. The van der Waals surface area contributed by atoms with Gasteiger partial charge in [0.05, 0.1) is 6.04 Å². The Labute approximate surface area is 88.7 Å². The molecule has 1 heterocycles. The quantitative estimate of drug-likeness (QED) is 0.804. The molecule has 0 saturated heterocycles. The fraction of sp³-hybridized carbons (Fsp3) is 0.364. The van der Waals surface area contributed by atoms with Gasteiger partial charge in [-0.1, -0.05) is 6.92 Å². The maximum absolute atomic E-state index is 11.6. The normalized spacial score (nSPS) is 11.9. The van der Waals surface area contributed by atoms with Gasteiger partial charge in [-0.15, -0.1) is 0 Å². The van der Waals surface area contributed by atoms with Crippen LogP contribution < -0.4 is 5.32 Å². The average molecular weight is 206 g/mol. The number of Topliss-reactive ketones (excluding diaryl/α,β-unsaturated/α-hetero) is 1. The Morgan fingerprint density at radius 1 is 1.40 bits per heavy atom. The molecular formula is C11H14N2O2. The van der Waals surface area contributed by atoms with E-state index in [4.69, 9.17) is 0 Å². The first-order chi connectivity index (χ1) is 7.15. The molecule has 4 heteroatoms. The van der Waals surface area contributed by atoms with Gasteiger partial charge >= 0.3 is 0 Å². The van der Waals surface area contributed by atoms with Gasteiger partial charge in [-0.05, 0) is 19.1 Å². The minimum absolute atomic E-state index is 0.0254. The Kier molecular flexibility index (Phi) is 3.97. The smallest absolute Gasteiger partial charge is 0.251 e. The molecule has 0 fully saturated rings. The molecule has 1 amide bonds. The number of hydrogen-bond acceptors (Lipinski definition) is 3. The highest BCUT2D eigenvalue weighted by molar-refractivity contribution is 5.97. The van der Waals surface area contributed by atoms with E-state index in [1.54, 1.807) is 38.4 Å². The second kappa shape index (κ2) is 5.24. The zero-order valence-electron chi connectivity index (χ0n) is 8.86. The van der Waals surface area contributed by atoms with Crippen LogP contribution in [0.25, 0.3) is 0 Å². The summed E-state index contributed by atoms with van der Waals surface area (Å²) in [5.41, 5.74) is 0.515. The number of aromatic nitrogens is 1. The number of rotatable bonds is 4. The van der Waals surface area contributed by atoms with Crippen LogP contribution in [0.5, 0.6) is 0 Å². The number of carbonyl (C=O) groups excluding carboxylic acids is 2. The number of pyridine rings is 1. The zero-order chi connectivity index (χ0) is 11.3. The molecule has 4 nitrogen and oxygen atoms in total. The average Bonchev–Trinajstić information content (AvgIpc) is 2.29. The van der Waals surface area contributed by atoms with E-state index in [2.05, 4.69) is 10.3 Å². The van der Waals surface area contributed by atoms with Crippen LogP contribution in [-0.4, -0.2) is 22.7 Å². The van der Waals surface area contributed by atoms with Crippen molar-refractivity contribution < 1.29 is 9.59 Å². The van der Waals surface area contributed by atoms with E-state index >= 15 is 0 Å². The molecule has 0 aliphatic rings. The summed E-state index contributed by atoms with van der Waals surface area (Å²) in [6, 6.07) is 2.78. The third kappa shape index (κ3) is 3.16. The van der Waals surface area contributed by atoms with Crippen molar-refractivity contribution in [2.75, 3.05) is 0 Å². The van der Waals surface area contributed by atoms with Crippen molar-refractivity contribution in [1.29, 1.82) is 0 Å². The molecule has 0 bridgehead atoms. The molecule has 1 aromatic heterocycles. The van der Waals surface area contributed by atoms with Crippen LogP contribution in [-0.2, 0) is 4.79 Å².